The number of hydrogen-bond donors (Lipinski definition) is 0. The zero-order valence-corrected chi connectivity index (χ0v) is 12.9. The molecule has 0 aliphatic carbocycles. The minimum Gasteiger partial charge on any atom is -0.365 e. The van der Waals surface area contributed by atoms with Crippen molar-refractivity contribution >= 4 is 0 Å². The molecule has 1 atom stereocenters. The summed E-state index contributed by atoms with van der Waals surface area (Å²) in [5, 5.41) is 0. The summed E-state index contributed by atoms with van der Waals surface area (Å²) in [7, 11) is 4.24. The van der Waals surface area contributed by atoms with Crippen LogP contribution in [0.4, 0.5) is 0 Å². The number of nitrogens with zero attached hydrogens (tertiary/aromatic N) is 1. The normalized spacial score (nSPS) is 21.3. The molecule has 1 aliphatic rings. The highest BCUT2D eigenvalue weighted by atomic mass is 16.5. The summed E-state index contributed by atoms with van der Waals surface area (Å²) in [5.41, 5.74) is 3.72. The molecule has 2 heteroatoms. The summed E-state index contributed by atoms with van der Waals surface area (Å²) < 4.78 is 6.40. The second kappa shape index (κ2) is 6.00. The molecule has 0 amide bonds. The van der Waals surface area contributed by atoms with Gasteiger partial charge in [0.2, 0.25) is 0 Å². The maximum absolute atomic E-state index is 6.40. The highest BCUT2D eigenvalue weighted by Gasteiger charge is 2.39. The van der Waals surface area contributed by atoms with Crippen LogP contribution >= 0.6 is 0 Å². The van der Waals surface area contributed by atoms with Crippen molar-refractivity contribution in [3.63, 3.8) is 0 Å². The van der Waals surface area contributed by atoms with Crippen molar-refractivity contribution < 1.29 is 4.74 Å². The molecule has 1 heterocycles. The van der Waals surface area contributed by atoms with Gasteiger partial charge >= 0.3 is 0 Å². The van der Waals surface area contributed by atoms with Crippen LogP contribution < -0.4 is 0 Å². The van der Waals surface area contributed by atoms with E-state index in [4.69, 9.17) is 4.74 Å². The standard InChI is InChI=1S/C19H23NO/c1-20(2)14-13-19(17-9-4-3-5-10-17)18-11-7-6-8-16(18)12-15-21-19/h3-11H,12-15H2,1-2H3. The van der Waals surface area contributed by atoms with Crippen LogP contribution in [0.2, 0.25) is 0 Å². The van der Waals surface area contributed by atoms with Crippen molar-refractivity contribution in [1.82, 2.24) is 4.90 Å². The van der Waals surface area contributed by atoms with Crippen LogP contribution in [-0.4, -0.2) is 32.1 Å². The van der Waals surface area contributed by atoms with E-state index in [2.05, 4.69) is 73.6 Å². The van der Waals surface area contributed by atoms with Crippen LogP contribution in [0.25, 0.3) is 0 Å². The predicted molar refractivity (Wildman–Crippen MR) is 86.5 cm³/mol. The molecule has 0 radical (unpaired) electrons. The zero-order valence-electron chi connectivity index (χ0n) is 12.9. The van der Waals surface area contributed by atoms with Gasteiger partial charge in [0.05, 0.1) is 6.61 Å². The molecule has 1 aliphatic heterocycles. The molecule has 1 unspecified atom stereocenters. The molecule has 0 spiro atoms. The largest absolute Gasteiger partial charge is 0.365 e. The molecule has 0 fully saturated rings. The van der Waals surface area contributed by atoms with E-state index >= 15 is 0 Å². The summed E-state index contributed by atoms with van der Waals surface area (Å²) in [6.45, 7) is 1.79. The minimum absolute atomic E-state index is 0.305. The summed E-state index contributed by atoms with van der Waals surface area (Å²) in [4.78, 5) is 2.23. The number of hydrogen-bond acceptors (Lipinski definition) is 2. The molecule has 0 N–H and O–H groups in total. The minimum atomic E-state index is -0.305. The Bertz CT molecular complexity index is 594. The van der Waals surface area contributed by atoms with Gasteiger partial charge in [0.1, 0.15) is 5.60 Å². The molecule has 0 bridgehead atoms. The Labute approximate surface area is 127 Å². The molecule has 2 aromatic rings. The maximum Gasteiger partial charge on any atom is 0.120 e. The highest BCUT2D eigenvalue weighted by molar-refractivity contribution is 5.43. The molecule has 0 saturated heterocycles. The molecule has 2 aromatic carbocycles. The third-order valence-electron chi connectivity index (χ3n) is 4.32. The number of fused-ring (bicyclic) bond motifs is 1. The Morgan fingerprint density at radius 2 is 1.71 bits per heavy atom. The van der Waals surface area contributed by atoms with Crippen LogP contribution in [0.15, 0.2) is 54.6 Å². The van der Waals surface area contributed by atoms with Crippen molar-refractivity contribution in [3.05, 3.63) is 71.3 Å². The monoisotopic (exact) mass is 281 g/mol. The first-order valence-electron chi connectivity index (χ1n) is 7.65. The second-order valence-corrected chi connectivity index (χ2v) is 6.00. The van der Waals surface area contributed by atoms with E-state index in [0.717, 1.165) is 26.0 Å². The van der Waals surface area contributed by atoms with Gasteiger partial charge in [-0.15, -0.1) is 0 Å². The van der Waals surface area contributed by atoms with Gasteiger partial charge in [-0.3, -0.25) is 0 Å². The van der Waals surface area contributed by atoms with Gasteiger partial charge in [0.15, 0.2) is 0 Å². The molecular formula is C19H23NO. The first-order valence-corrected chi connectivity index (χ1v) is 7.65. The summed E-state index contributed by atoms with van der Waals surface area (Å²) in [5.74, 6) is 0. The predicted octanol–water partition coefficient (Wildman–Crippen LogP) is 3.45. The average Bonchev–Trinajstić information content (AvgIpc) is 2.53. The van der Waals surface area contributed by atoms with Crippen LogP contribution in [0.5, 0.6) is 0 Å². The molecule has 0 saturated carbocycles. The lowest BCUT2D eigenvalue weighted by molar-refractivity contribution is -0.0380. The van der Waals surface area contributed by atoms with Gasteiger partial charge in [-0.2, -0.15) is 0 Å². The SMILES string of the molecule is CN(C)CCC1(c2ccccc2)OCCc2ccccc21. The lowest BCUT2D eigenvalue weighted by Crippen LogP contribution is -2.39. The van der Waals surface area contributed by atoms with E-state index in [9.17, 15) is 0 Å². The smallest absolute Gasteiger partial charge is 0.120 e. The van der Waals surface area contributed by atoms with Crippen molar-refractivity contribution in [2.24, 2.45) is 0 Å². The summed E-state index contributed by atoms with van der Waals surface area (Å²) in [6.07, 6.45) is 1.98. The van der Waals surface area contributed by atoms with Crippen LogP contribution in [-0.2, 0) is 16.8 Å². The second-order valence-electron chi connectivity index (χ2n) is 6.00. The summed E-state index contributed by atoms with van der Waals surface area (Å²) in [6, 6.07) is 19.4. The summed E-state index contributed by atoms with van der Waals surface area (Å²) >= 11 is 0. The topological polar surface area (TPSA) is 12.5 Å². The van der Waals surface area contributed by atoms with Crippen molar-refractivity contribution in [2.45, 2.75) is 18.4 Å². The molecule has 0 aromatic heterocycles. The number of ether oxygens (including phenoxy) is 1. The Hall–Kier alpha value is -1.64. The first-order chi connectivity index (χ1) is 10.2. The Balaban J connectivity index is 2.10. The van der Waals surface area contributed by atoms with E-state index in [1.807, 2.05) is 0 Å². The Morgan fingerprint density at radius 3 is 2.48 bits per heavy atom. The fourth-order valence-electron chi connectivity index (χ4n) is 3.22. The van der Waals surface area contributed by atoms with E-state index in [1.54, 1.807) is 0 Å². The fraction of sp³-hybridized carbons (Fsp3) is 0.368. The van der Waals surface area contributed by atoms with E-state index in [-0.39, 0.29) is 5.60 Å². The van der Waals surface area contributed by atoms with Crippen molar-refractivity contribution in [3.8, 4) is 0 Å². The number of benzene rings is 2. The van der Waals surface area contributed by atoms with Gasteiger partial charge in [0, 0.05) is 6.54 Å². The quantitative estimate of drug-likeness (QED) is 0.851. The van der Waals surface area contributed by atoms with Crippen molar-refractivity contribution in [1.29, 1.82) is 0 Å². The van der Waals surface area contributed by atoms with E-state index in [0.29, 0.717) is 0 Å². The van der Waals surface area contributed by atoms with Gasteiger partial charge in [-0.25, -0.2) is 0 Å². The maximum atomic E-state index is 6.40. The van der Waals surface area contributed by atoms with E-state index < -0.39 is 0 Å². The van der Waals surface area contributed by atoms with Gasteiger partial charge < -0.3 is 9.64 Å². The molecule has 21 heavy (non-hydrogen) atoms. The lowest BCUT2D eigenvalue weighted by Gasteiger charge is -2.40. The third-order valence-corrected chi connectivity index (χ3v) is 4.32. The van der Waals surface area contributed by atoms with Crippen molar-refractivity contribution in [2.75, 3.05) is 27.2 Å². The Morgan fingerprint density at radius 1 is 1.00 bits per heavy atom. The van der Waals surface area contributed by atoms with Crippen LogP contribution in [0.3, 0.4) is 0 Å². The zero-order chi connectivity index (χ0) is 14.7. The van der Waals surface area contributed by atoms with E-state index in [1.165, 1.54) is 16.7 Å². The molecular weight excluding hydrogens is 258 g/mol. The molecule has 110 valence electrons. The van der Waals surface area contributed by atoms with Gasteiger partial charge in [0.25, 0.3) is 0 Å². The highest BCUT2D eigenvalue weighted by Crippen LogP contribution is 2.41. The van der Waals surface area contributed by atoms with Crippen LogP contribution in [0.1, 0.15) is 23.1 Å². The molecule has 2 nitrogen and oxygen atoms in total. The Kier molecular flexibility index (Phi) is 4.09. The number of rotatable bonds is 4. The van der Waals surface area contributed by atoms with Crippen LogP contribution in [0, 0.1) is 0 Å². The third kappa shape index (κ3) is 2.74. The van der Waals surface area contributed by atoms with Gasteiger partial charge in [-0.1, -0.05) is 54.6 Å². The molecule has 3 rings (SSSR count). The average molecular weight is 281 g/mol. The fourth-order valence-corrected chi connectivity index (χ4v) is 3.22. The first kappa shape index (κ1) is 14.3. The lowest BCUT2D eigenvalue weighted by atomic mass is 9.78. The van der Waals surface area contributed by atoms with Gasteiger partial charge in [-0.05, 0) is 43.6 Å².